The number of hydrogen-bond donors (Lipinski definition) is 3. The Hall–Kier alpha value is -2.57. The second-order valence-electron chi connectivity index (χ2n) is 4.37. The summed E-state index contributed by atoms with van der Waals surface area (Å²) in [6, 6.07) is 5.24. The third-order valence-corrected chi connectivity index (χ3v) is 2.84. The molecule has 0 fully saturated rings. The Bertz CT molecular complexity index is 528. The van der Waals surface area contributed by atoms with E-state index in [1.165, 1.54) is 6.07 Å². The molecular formula is C14H17NO6. The third kappa shape index (κ3) is 5.52. The van der Waals surface area contributed by atoms with Gasteiger partial charge in [-0.3, -0.25) is 9.59 Å². The van der Waals surface area contributed by atoms with Crippen molar-refractivity contribution in [3.8, 4) is 5.75 Å². The molecule has 0 radical (unpaired) electrons. The molecule has 0 aliphatic rings. The minimum Gasteiger partial charge on any atom is -0.508 e. The molecule has 114 valence electrons. The largest absolute Gasteiger partial charge is 0.508 e. The molecule has 0 heterocycles. The van der Waals surface area contributed by atoms with Crippen LogP contribution in [-0.2, 0) is 25.5 Å². The van der Waals surface area contributed by atoms with Crippen LogP contribution in [0.3, 0.4) is 0 Å². The van der Waals surface area contributed by atoms with Crippen molar-refractivity contribution in [3.05, 3.63) is 29.8 Å². The molecule has 0 aromatic heterocycles. The summed E-state index contributed by atoms with van der Waals surface area (Å²) in [5, 5.41) is 20.7. The van der Waals surface area contributed by atoms with Gasteiger partial charge in [-0.25, -0.2) is 4.79 Å². The van der Waals surface area contributed by atoms with Crippen LogP contribution in [0.4, 0.5) is 0 Å². The number of aromatic hydroxyl groups is 1. The van der Waals surface area contributed by atoms with E-state index in [9.17, 15) is 19.5 Å². The number of carbonyl (C=O) groups excluding carboxylic acids is 2. The average molecular weight is 295 g/mol. The molecule has 1 aromatic rings. The van der Waals surface area contributed by atoms with Crippen molar-refractivity contribution in [2.45, 2.75) is 25.3 Å². The van der Waals surface area contributed by atoms with Crippen molar-refractivity contribution in [3.63, 3.8) is 0 Å². The van der Waals surface area contributed by atoms with E-state index < -0.39 is 30.3 Å². The van der Waals surface area contributed by atoms with Crippen molar-refractivity contribution in [1.29, 1.82) is 0 Å². The Morgan fingerprint density at radius 3 is 2.52 bits per heavy atom. The summed E-state index contributed by atoms with van der Waals surface area (Å²) in [6.45, 7) is 0. The third-order valence-electron chi connectivity index (χ3n) is 2.84. The minimum atomic E-state index is -1.32. The number of rotatable bonds is 7. The van der Waals surface area contributed by atoms with Crippen molar-refractivity contribution in [2.24, 2.45) is 0 Å². The zero-order valence-corrected chi connectivity index (χ0v) is 11.5. The van der Waals surface area contributed by atoms with Gasteiger partial charge in [0.25, 0.3) is 0 Å². The summed E-state index contributed by atoms with van der Waals surface area (Å²) in [5.74, 6) is -2.47. The van der Waals surface area contributed by atoms with E-state index in [0.717, 1.165) is 7.11 Å². The van der Waals surface area contributed by atoms with E-state index in [4.69, 9.17) is 5.11 Å². The normalized spacial score (nSPS) is 11.5. The highest BCUT2D eigenvalue weighted by molar-refractivity contribution is 5.87. The lowest BCUT2D eigenvalue weighted by atomic mass is 10.1. The number of phenolic OH excluding ortho intramolecular Hbond substituents is 1. The molecule has 0 saturated carbocycles. The van der Waals surface area contributed by atoms with Gasteiger partial charge in [-0.05, 0) is 18.1 Å². The number of aliphatic carboxylic acids is 1. The molecule has 21 heavy (non-hydrogen) atoms. The molecule has 0 spiro atoms. The van der Waals surface area contributed by atoms with Crippen LogP contribution in [0.15, 0.2) is 24.3 Å². The summed E-state index contributed by atoms with van der Waals surface area (Å²) in [5.41, 5.74) is 0.590. The Kier molecular flexibility index (Phi) is 6.19. The highest BCUT2D eigenvalue weighted by Gasteiger charge is 2.23. The first-order valence-corrected chi connectivity index (χ1v) is 6.30. The number of nitrogens with one attached hydrogen (secondary N) is 1. The first-order chi connectivity index (χ1) is 9.93. The van der Waals surface area contributed by atoms with E-state index >= 15 is 0 Å². The maximum absolute atomic E-state index is 11.7. The lowest BCUT2D eigenvalue weighted by Crippen LogP contribution is -2.42. The number of esters is 1. The Morgan fingerprint density at radius 1 is 1.29 bits per heavy atom. The summed E-state index contributed by atoms with van der Waals surface area (Å²) in [6.07, 6.45) is -0.167. The second kappa shape index (κ2) is 7.88. The van der Waals surface area contributed by atoms with Crippen molar-refractivity contribution < 1.29 is 29.3 Å². The topological polar surface area (TPSA) is 113 Å². The molecular weight excluding hydrogens is 278 g/mol. The van der Waals surface area contributed by atoms with Crippen LogP contribution in [0.2, 0.25) is 0 Å². The van der Waals surface area contributed by atoms with Crippen LogP contribution in [0.5, 0.6) is 5.75 Å². The van der Waals surface area contributed by atoms with Gasteiger partial charge in [-0.2, -0.15) is 0 Å². The molecule has 7 nitrogen and oxygen atoms in total. The van der Waals surface area contributed by atoms with Crippen LogP contribution in [0, 0.1) is 0 Å². The van der Waals surface area contributed by atoms with Crippen molar-refractivity contribution in [1.82, 2.24) is 5.32 Å². The molecule has 0 unspecified atom stereocenters. The fourth-order valence-electron chi connectivity index (χ4n) is 1.69. The Labute approximate surface area is 121 Å². The molecule has 1 aromatic carbocycles. The van der Waals surface area contributed by atoms with Gasteiger partial charge in [0, 0.05) is 6.42 Å². The number of amides is 1. The molecule has 7 heteroatoms. The van der Waals surface area contributed by atoms with Crippen LogP contribution in [0.25, 0.3) is 0 Å². The molecule has 1 rings (SSSR count). The number of aryl methyl sites for hydroxylation is 1. The maximum Gasteiger partial charge on any atom is 0.326 e. The smallest absolute Gasteiger partial charge is 0.326 e. The van der Waals surface area contributed by atoms with Gasteiger partial charge in [0.05, 0.1) is 13.5 Å². The van der Waals surface area contributed by atoms with E-state index in [2.05, 4.69) is 10.1 Å². The Morgan fingerprint density at radius 2 is 1.95 bits per heavy atom. The van der Waals surface area contributed by atoms with Gasteiger partial charge in [-0.15, -0.1) is 0 Å². The van der Waals surface area contributed by atoms with E-state index in [0.29, 0.717) is 5.56 Å². The predicted molar refractivity (Wildman–Crippen MR) is 72.6 cm³/mol. The highest BCUT2D eigenvalue weighted by atomic mass is 16.5. The number of benzene rings is 1. The summed E-state index contributed by atoms with van der Waals surface area (Å²) in [4.78, 5) is 33.7. The van der Waals surface area contributed by atoms with E-state index in [1.54, 1.807) is 18.2 Å². The molecule has 0 aliphatic carbocycles. The number of carboxylic acids is 1. The number of methoxy groups -OCH3 is 1. The zero-order valence-electron chi connectivity index (χ0n) is 11.5. The van der Waals surface area contributed by atoms with Gasteiger partial charge in [-0.1, -0.05) is 18.2 Å². The van der Waals surface area contributed by atoms with E-state index in [1.807, 2.05) is 0 Å². The van der Waals surface area contributed by atoms with Crippen molar-refractivity contribution >= 4 is 17.8 Å². The predicted octanol–water partition coefficient (Wildman–Crippen LogP) is 0.457. The van der Waals surface area contributed by atoms with Gasteiger partial charge < -0.3 is 20.3 Å². The molecule has 0 bridgehead atoms. The van der Waals surface area contributed by atoms with Gasteiger partial charge in [0.1, 0.15) is 11.8 Å². The van der Waals surface area contributed by atoms with E-state index in [-0.39, 0.29) is 18.6 Å². The van der Waals surface area contributed by atoms with Gasteiger partial charge in [0.2, 0.25) is 5.91 Å². The monoisotopic (exact) mass is 295 g/mol. The maximum atomic E-state index is 11.7. The van der Waals surface area contributed by atoms with Gasteiger partial charge in [0.15, 0.2) is 0 Å². The number of hydrogen-bond acceptors (Lipinski definition) is 5. The standard InChI is InChI=1S/C14H17NO6/c1-21-13(18)8-10(14(19)20)15-12(17)7-6-9-4-2-3-5-11(9)16/h2-5,10,16H,6-8H2,1H3,(H,15,17)(H,19,20)/t10-/m0/s1. The van der Waals surface area contributed by atoms with Crippen LogP contribution >= 0.6 is 0 Å². The highest BCUT2D eigenvalue weighted by Crippen LogP contribution is 2.17. The van der Waals surface area contributed by atoms with Crippen molar-refractivity contribution in [2.75, 3.05) is 7.11 Å². The minimum absolute atomic E-state index is 0.00251. The van der Waals surface area contributed by atoms with Crippen LogP contribution in [-0.4, -0.2) is 41.2 Å². The number of para-hydroxylation sites is 1. The fourth-order valence-corrected chi connectivity index (χ4v) is 1.69. The quantitative estimate of drug-likeness (QED) is 0.630. The molecule has 0 aliphatic heterocycles. The molecule has 0 saturated heterocycles. The zero-order chi connectivity index (χ0) is 15.8. The summed E-state index contributed by atoms with van der Waals surface area (Å²) < 4.78 is 4.37. The number of phenols is 1. The lowest BCUT2D eigenvalue weighted by Gasteiger charge is -2.13. The average Bonchev–Trinajstić information content (AvgIpc) is 2.45. The molecule has 1 amide bonds. The summed E-state index contributed by atoms with van der Waals surface area (Å²) in [7, 11) is 1.14. The first-order valence-electron chi connectivity index (χ1n) is 6.30. The SMILES string of the molecule is COC(=O)C[C@H](NC(=O)CCc1ccccc1O)C(=O)O. The Balaban J connectivity index is 2.53. The fraction of sp³-hybridized carbons (Fsp3) is 0.357. The number of carboxylic acid groups (broad SMARTS) is 1. The van der Waals surface area contributed by atoms with Crippen LogP contribution < -0.4 is 5.32 Å². The molecule has 3 N–H and O–H groups in total. The number of ether oxygens (including phenoxy) is 1. The molecule has 1 atom stereocenters. The van der Waals surface area contributed by atoms with Crippen LogP contribution in [0.1, 0.15) is 18.4 Å². The van der Waals surface area contributed by atoms with Gasteiger partial charge >= 0.3 is 11.9 Å². The lowest BCUT2D eigenvalue weighted by molar-refractivity contribution is -0.148. The number of carbonyl (C=O) groups is 3. The second-order valence-corrected chi connectivity index (χ2v) is 4.37. The summed E-state index contributed by atoms with van der Waals surface area (Å²) >= 11 is 0. The first kappa shape index (κ1) is 16.5.